The van der Waals surface area contributed by atoms with Gasteiger partial charge in [0, 0.05) is 34.4 Å². The molecule has 0 saturated carbocycles. The first-order valence-corrected chi connectivity index (χ1v) is 14.9. The number of hydrogen-bond acceptors (Lipinski definition) is 9. The Bertz CT molecular complexity index is 1910. The summed E-state index contributed by atoms with van der Waals surface area (Å²) < 4.78 is 24.7. The molecule has 0 aliphatic rings. The van der Waals surface area contributed by atoms with Gasteiger partial charge in [0.25, 0.3) is 5.91 Å². The Morgan fingerprint density at radius 3 is 2.35 bits per heavy atom. The number of nitro groups is 1. The number of anilines is 1. The molecule has 0 bridgehead atoms. The van der Waals surface area contributed by atoms with Crippen LogP contribution in [0.3, 0.4) is 0 Å². The average molecular weight is 652 g/mol. The van der Waals surface area contributed by atoms with Gasteiger partial charge >= 0.3 is 11.6 Å². The molecule has 246 valence electrons. The second kappa shape index (κ2) is 15.3. The fraction of sp³-hybridized carbons (Fsp3) is 0.171. The quantitative estimate of drug-likeness (QED) is 0.0798. The lowest BCUT2D eigenvalue weighted by molar-refractivity contribution is -0.385. The molecule has 48 heavy (non-hydrogen) atoms. The summed E-state index contributed by atoms with van der Waals surface area (Å²) in [6, 6.07) is 26.2. The van der Waals surface area contributed by atoms with Crippen LogP contribution in [-0.2, 0) is 11.4 Å². The second-order valence-electron chi connectivity index (χ2n) is 10.5. The molecule has 2 N–H and O–H groups in total. The Labute approximate surface area is 275 Å². The topological polar surface area (TPSA) is 159 Å². The van der Waals surface area contributed by atoms with Gasteiger partial charge < -0.3 is 28.5 Å². The van der Waals surface area contributed by atoms with Gasteiger partial charge in [0.2, 0.25) is 5.75 Å². The van der Waals surface area contributed by atoms with Crippen LogP contribution in [-0.4, -0.2) is 40.7 Å². The van der Waals surface area contributed by atoms with Crippen LogP contribution in [0.15, 0.2) is 101 Å². The summed E-state index contributed by atoms with van der Waals surface area (Å²) in [5, 5.41) is 18.5. The smallest absolute Gasteiger partial charge is 0.315 e. The molecule has 0 unspecified atom stereocenters. The zero-order chi connectivity index (χ0) is 34.0. The number of benzene rings is 3. The van der Waals surface area contributed by atoms with Crippen molar-refractivity contribution in [2.45, 2.75) is 27.4 Å². The predicted molar refractivity (Wildman–Crippen MR) is 178 cm³/mol. The summed E-state index contributed by atoms with van der Waals surface area (Å²) in [5.74, 6) is -0.255. The summed E-state index contributed by atoms with van der Waals surface area (Å²) >= 11 is 0. The second-order valence-corrected chi connectivity index (χ2v) is 10.5. The van der Waals surface area contributed by atoms with Gasteiger partial charge in [-0.25, -0.2) is 5.43 Å². The molecule has 0 aliphatic heterocycles. The molecule has 0 atom stereocenters. The third-order valence-electron chi connectivity index (χ3n) is 6.97. The Balaban J connectivity index is 1.18. The van der Waals surface area contributed by atoms with E-state index in [0.717, 1.165) is 17.1 Å². The number of ether oxygens (including phenoxy) is 3. The van der Waals surface area contributed by atoms with Crippen LogP contribution in [0.4, 0.5) is 11.4 Å². The van der Waals surface area contributed by atoms with Crippen LogP contribution in [0.1, 0.15) is 40.2 Å². The van der Waals surface area contributed by atoms with Crippen molar-refractivity contribution >= 4 is 29.4 Å². The predicted octanol–water partition coefficient (Wildman–Crippen LogP) is 6.35. The van der Waals surface area contributed by atoms with E-state index in [-0.39, 0.29) is 36.0 Å². The largest absolute Gasteiger partial charge is 0.490 e. The highest BCUT2D eigenvalue weighted by atomic mass is 16.6. The van der Waals surface area contributed by atoms with E-state index >= 15 is 0 Å². The molecule has 13 nitrogen and oxygen atoms in total. The number of nitro benzene ring substituents is 1. The number of aromatic nitrogens is 1. The Hall–Kier alpha value is -6.37. The first-order chi connectivity index (χ1) is 23.2. The van der Waals surface area contributed by atoms with Crippen molar-refractivity contribution in [3.05, 3.63) is 130 Å². The SMILES string of the molecule is CCOc1cc(/C=N/NC(=O)c2ccc(COc3ccc(-n4c(C)ccc4C)cc3)o2)cc([N+](=O)[O-])c1OCC(=O)Nc1ccccc1. The molecule has 0 saturated heterocycles. The van der Waals surface area contributed by atoms with Gasteiger partial charge in [-0.05, 0) is 87.5 Å². The minimum Gasteiger partial charge on any atom is -0.490 e. The standard InChI is InChI=1S/C35H33N5O8/c1-4-45-32-19-25(18-30(40(43)44)34(32)47-22-33(41)37-26-8-6-5-7-9-26)20-36-38-35(42)31-17-16-29(48-31)21-46-28-14-12-27(13-15-28)39-23(2)10-11-24(39)3/h5-20H,4,21-22H2,1-3H3,(H,37,41)(H,38,42)/b36-20+. The molecule has 5 aromatic rings. The molecule has 2 aromatic heterocycles. The van der Waals surface area contributed by atoms with Crippen molar-refractivity contribution in [3.63, 3.8) is 0 Å². The Morgan fingerprint density at radius 1 is 0.938 bits per heavy atom. The van der Waals surface area contributed by atoms with Crippen molar-refractivity contribution in [2.75, 3.05) is 18.5 Å². The molecule has 0 radical (unpaired) electrons. The molecular weight excluding hydrogens is 618 g/mol. The number of hydrogen-bond donors (Lipinski definition) is 2. The Kier molecular flexibility index (Phi) is 10.5. The van der Waals surface area contributed by atoms with E-state index in [2.05, 4.69) is 32.5 Å². The van der Waals surface area contributed by atoms with Gasteiger partial charge in [0.1, 0.15) is 18.1 Å². The van der Waals surface area contributed by atoms with Crippen LogP contribution in [0, 0.1) is 24.0 Å². The van der Waals surface area contributed by atoms with Crippen molar-refractivity contribution in [2.24, 2.45) is 5.10 Å². The maximum atomic E-state index is 12.7. The van der Waals surface area contributed by atoms with E-state index < -0.39 is 29.0 Å². The summed E-state index contributed by atoms with van der Waals surface area (Å²) in [6.07, 6.45) is 1.21. The average Bonchev–Trinajstić information content (AvgIpc) is 3.69. The summed E-state index contributed by atoms with van der Waals surface area (Å²) in [5.41, 5.74) is 5.98. The summed E-state index contributed by atoms with van der Waals surface area (Å²) in [4.78, 5) is 36.3. The number of para-hydroxylation sites is 1. The zero-order valence-corrected chi connectivity index (χ0v) is 26.5. The molecule has 3 aromatic carbocycles. The Morgan fingerprint density at radius 2 is 1.67 bits per heavy atom. The van der Waals surface area contributed by atoms with E-state index in [4.69, 9.17) is 18.6 Å². The molecule has 0 fully saturated rings. The lowest BCUT2D eigenvalue weighted by Crippen LogP contribution is -2.20. The van der Waals surface area contributed by atoms with E-state index in [1.165, 1.54) is 24.4 Å². The molecule has 0 spiro atoms. The van der Waals surface area contributed by atoms with Crippen LogP contribution in [0.5, 0.6) is 17.2 Å². The lowest BCUT2D eigenvalue weighted by atomic mass is 10.2. The molecule has 13 heteroatoms. The number of aryl methyl sites for hydroxylation is 2. The van der Waals surface area contributed by atoms with Gasteiger partial charge in [-0.3, -0.25) is 19.7 Å². The van der Waals surface area contributed by atoms with E-state index in [1.54, 1.807) is 43.3 Å². The first kappa shape index (κ1) is 33.0. The maximum absolute atomic E-state index is 12.7. The molecule has 2 heterocycles. The monoisotopic (exact) mass is 651 g/mol. The first-order valence-electron chi connectivity index (χ1n) is 14.9. The fourth-order valence-electron chi connectivity index (χ4n) is 4.80. The number of nitrogens with zero attached hydrogens (tertiary/aromatic N) is 3. The van der Waals surface area contributed by atoms with E-state index in [1.807, 2.05) is 38.1 Å². The van der Waals surface area contributed by atoms with Crippen LogP contribution < -0.4 is 25.0 Å². The highest BCUT2D eigenvalue weighted by Gasteiger charge is 2.23. The van der Waals surface area contributed by atoms with Crippen molar-refractivity contribution in [1.82, 2.24) is 9.99 Å². The summed E-state index contributed by atoms with van der Waals surface area (Å²) in [6.45, 7) is 5.57. The van der Waals surface area contributed by atoms with Gasteiger partial charge in [-0.2, -0.15) is 5.10 Å². The minimum atomic E-state index is -0.659. The third kappa shape index (κ3) is 8.26. The normalized spacial score (nSPS) is 10.9. The number of amides is 2. The zero-order valence-electron chi connectivity index (χ0n) is 26.5. The number of carbonyl (C=O) groups is 2. The van der Waals surface area contributed by atoms with Gasteiger partial charge in [-0.15, -0.1) is 0 Å². The number of furan rings is 1. The van der Waals surface area contributed by atoms with Gasteiger partial charge in [0.15, 0.2) is 18.1 Å². The lowest BCUT2D eigenvalue weighted by Gasteiger charge is -2.13. The van der Waals surface area contributed by atoms with Crippen LogP contribution in [0.2, 0.25) is 0 Å². The highest BCUT2D eigenvalue weighted by Crippen LogP contribution is 2.38. The summed E-state index contributed by atoms with van der Waals surface area (Å²) in [7, 11) is 0. The third-order valence-corrected chi connectivity index (χ3v) is 6.97. The maximum Gasteiger partial charge on any atom is 0.315 e. The van der Waals surface area contributed by atoms with Crippen molar-refractivity contribution in [1.29, 1.82) is 0 Å². The molecule has 2 amide bonds. The van der Waals surface area contributed by atoms with E-state index in [0.29, 0.717) is 17.2 Å². The van der Waals surface area contributed by atoms with Crippen LogP contribution >= 0.6 is 0 Å². The number of carbonyl (C=O) groups excluding carboxylic acids is 2. The minimum absolute atomic E-state index is 0.00170. The van der Waals surface area contributed by atoms with Gasteiger partial charge in [0.05, 0.1) is 17.7 Å². The molecule has 5 rings (SSSR count). The number of rotatable bonds is 14. The molecule has 0 aliphatic carbocycles. The molecular formula is C35H33N5O8. The van der Waals surface area contributed by atoms with Crippen molar-refractivity contribution < 1.29 is 33.1 Å². The van der Waals surface area contributed by atoms with E-state index in [9.17, 15) is 19.7 Å². The fourth-order valence-corrected chi connectivity index (χ4v) is 4.80. The number of nitrogens with one attached hydrogen (secondary N) is 2. The van der Waals surface area contributed by atoms with Crippen LogP contribution in [0.25, 0.3) is 5.69 Å². The van der Waals surface area contributed by atoms with Gasteiger partial charge in [-0.1, -0.05) is 18.2 Å². The van der Waals surface area contributed by atoms with Crippen molar-refractivity contribution in [3.8, 4) is 22.9 Å². The number of hydrazone groups is 1. The highest BCUT2D eigenvalue weighted by molar-refractivity contribution is 5.93.